The van der Waals surface area contributed by atoms with Gasteiger partial charge >= 0.3 is 0 Å². The molecule has 0 aromatic heterocycles. The quantitative estimate of drug-likeness (QED) is 0.373. The second-order valence-electron chi connectivity index (χ2n) is 5.59. The highest BCUT2D eigenvalue weighted by Gasteiger charge is 2.27. The van der Waals surface area contributed by atoms with E-state index in [0.29, 0.717) is 5.41 Å². The van der Waals surface area contributed by atoms with Crippen molar-refractivity contribution in [3.63, 3.8) is 0 Å². The van der Waals surface area contributed by atoms with Crippen molar-refractivity contribution >= 4 is 0 Å². The fraction of sp³-hybridized carbons (Fsp3) is 0.882. The average Bonchev–Trinajstić information content (AvgIpc) is 2.37. The summed E-state index contributed by atoms with van der Waals surface area (Å²) in [6.07, 6.45) is 16.6. The third kappa shape index (κ3) is 7.63. The first-order valence-electron chi connectivity index (χ1n) is 7.78. The van der Waals surface area contributed by atoms with Gasteiger partial charge in [-0.2, -0.15) is 0 Å². The molecule has 0 saturated heterocycles. The van der Waals surface area contributed by atoms with Crippen molar-refractivity contribution in [2.45, 2.75) is 91.4 Å². The molecule has 0 heterocycles. The van der Waals surface area contributed by atoms with Crippen molar-refractivity contribution in [1.82, 2.24) is 0 Å². The minimum Gasteiger partial charge on any atom is -0.0845 e. The predicted octanol–water partition coefficient (Wildman–Crippen LogP) is 6.31. The first kappa shape index (κ1) is 16.7. The fourth-order valence-electron chi connectivity index (χ4n) is 2.79. The summed E-state index contributed by atoms with van der Waals surface area (Å²) in [5.41, 5.74) is 0.595. The second-order valence-corrected chi connectivity index (χ2v) is 5.59. The number of hydrogen-bond acceptors (Lipinski definition) is 0. The molecule has 0 aliphatic carbocycles. The summed E-state index contributed by atoms with van der Waals surface area (Å²) < 4.78 is 0. The van der Waals surface area contributed by atoms with E-state index in [1.807, 2.05) is 6.08 Å². The highest BCUT2D eigenvalue weighted by molar-refractivity contribution is 4.82. The zero-order valence-corrected chi connectivity index (χ0v) is 12.4. The molecule has 0 nitrogen and oxygen atoms in total. The molecule has 0 spiro atoms. The molecule has 101 valence electrons. The van der Waals surface area contributed by atoms with E-state index in [0.717, 1.165) is 6.42 Å². The molecule has 17 heavy (non-hydrogen) atoms. The summed E-state index contributed by atoms with van der Waals surface area (Å²) in [6, 6.07) is 0. The van der Waals surface area contributed by atoms with Gasteiger partial charge in [-0.1, -0.05) is 72.0 Å². The summed E-state index contributed by atoms with van der Waals surface area (Å²) in [4.78, 5) is 0. The Morgan fingerprint density at radius 2 is 1.18 bits per heavy atom. The monoisotopic (exact) mass is 237 g/mol. The molecule has 0 amide bonds. The molecular formula is C17H33. The number of unbranched alkanes of at least 4 members (excludes halogenated alkanes) is 3. The van der Waals surface area contributed by atoms with Crippen LogP contribution < -0.4 is 0 Å². The summed E-state index contributed by atoms with van der Waals surface area (Å²) in [7, 11) is 0. The van der Waals surface area contributed by atoms with Crippen molar-refractivity contribution in [1.29, 1.82) is 0 Å². The summed E-state index contributed by atoms with van der Waals surface area (Å²) in [5.74, 6) is 0. The molecular weight excluding hydrogens is 204 g/mol. The Hall–Kier alpha value is -0.260. The van der Waals surface area contributed by atoms with E-state index in [1.165, 1.54) is 64.2 Å². The van der Waals surface area contributed by atoms with Gasteiger partial charge in [0.05, 0.1) is 0 Å². The van der Waals surface area contributed by atoms with Gasteiger partial charge < -0.3 is 0 Å². The Morgan fingerprint density at radius 3 is 1.47 bits per heavy atom. The van der Waals surface area contributed by atoms with Crippen LogP contribution in [0.2, 0.25) is 0 Å². The molecule has 0 aromatic rings. The van der Waals surface area contributed by atoms with Crippen LogP contribution in [0.25, 0.3) is 0 Å². The lowest BCUT2D eigenvalue weighted by Gasteiger charge is -2.34. The molecule has 0 aliphatic heterocycles. The van der Waals surface area contributed by atoms with E-state index in [-0.39, 0.29) is 0 Å². The van der Waals surface area contributed by atoms with E-state index in [9.17, 15) is 0 Å². The van der Waals surface area contributed by atoms with Crippen molar-refractivity contribution in [3.05, 3.63) is 12.7 Å². The van der Waals surface area contributed by atoms with E-state index in [1.54, 1.807) is 0 Å². The third-order valence-corrected chi connectivity index (χ3v) is 4.02. The summed E-state index contributed by atoms with van der Waals surface area (Å²) in [5, 5.41) is 0. The minimum absolute atomic E-state index is 0.595. The number of hydrogen-bond donors (Lipinski definition) is 0. The lowest BCUT2D eigenvalue weighted by molar-refractivity contribution is 0.184. The van der Waals surface area contributed by atoms with Crippen molar-refractivity contribution in [2.24, 2.45) is 5.41 Å². The highest BCUT2D eigenvalue weighted by atomic mass is 14.3. The molecule has 0 aromatic carbocycles. The van der Waals surface area contributed by atoms with Crippen LogP contribution in [0.5, 0.6) is 0 Å². The standard InChI is InChI=1S/C17H33/c1-5-9-13-17(14-10-6-2,15-11-7-3)16-12-8-4/h1,5H,6-16H2,2-4H3. The molecule has 0 unspecified atom stereocenters. The highest BCUT2D eigenvalue weighted by Crippen LogP contribution is 2.40. The Kier molecular flexibility index (Phi) is 10.7. The Bertz CT molecular complexity index is 147. The zero-order chi connectivity index (χ0) is 13.0. The van der Waals surface area contributed by atoms with E-state index < -0.39 is 0 Å². The Balaban J connectivity index is 4.44. The third-order valence-electron chi connectivity index (χ3n) is 4.02. The lowest BCUT2D eigenvalue weighted by Crippen LogP contribution is -2.21. The summed E-state index contributed by atoms with van der Waals surface area (Å²) >= 11 is 0. The largest absolute Gasteiger partial charge is 0.0845 e. The van der Waals surface area contributed by atoms with Crippen molar-refractivity contribution in [3.8, 4) is 0 Å². The van der Waals surface area contributed by atoms with Crippen LogP contribution >= 0.6 is 0 Å². The van der Waals surface area contributed by atoms with Gasteiger partial charge in [0.25, 0.3) is 0 Å². The fourth-order valence-corrected chi connectivity index (χ4v) is 2.79. The molecule has 0 bridgehead atoms. The maximum atomic E-state index is 5.60. The topological polar surface area (TPSA) is 0 Å². The molecule has 0 rings (SSSR count). The molecule has 0 N–H and O–H groups in total. The van der Waals surface area contributed by atoms with Crippen LogP contribution in [-0.2, 0) is 0 Å². The number of rotatable bonds is 12. The van der Waals surface area contributed by atoms with Crippen LogP contribution in [-0.4, -0.2) is 0 Å². The second kappa shape index (κ2) is 10.9. The average molecular weight is 237 g/mol. The maximum absolute atomic E-state index is 5.60. The van der Waals surface area contributed by atoms with Crippen molar-refractivity contribution in [2.75, 3.05) is 0 Å². The normalized spacial score (nSPS) is 11.7. The maximum Gasteiger partial charge on any atom is -0.0295 e. The van der Waals surface area contributed by atoms with Crippen LogP contribution in [0.4, 0.5) is 0 Å². The molecule has 0 heteroatoms. The van der Waals surface area contributed by atoms with Crippen LogP contribution in [0.1, 0.15) is 91.4 Å². The minimum atomic E-state index is 0.595. The van der Waals surface area contributed by atoms with Crippen LogP contribution in [0, 0.1) is 12.0 Å². The Labute approximate surface area is 110 Å². The lowest BCUT2D eigenvalue weighted by atomic mass is 9.71. The van der Waals surface area contributed by atoms with Gasteiger partial charge in [-0.15, -0.1) is 0 Å². The van der Waals surface area contributed by atoms with Crippen LogP contribution in [0.3, 0.4) is 0 Å². The summed E-state index contributed by atoms with van der Waals surface area (Å²) in [6.45, 7) is 12.5. The van der Waals surface area contributed by atoms with Gasteiger partial charge in [0, 0.05) is 0 Å². The SMILES string of the molecule is [CH]=CCCC(CCCC)(CCCC)CCCC. The van der Waals surface area contributed by atoms with Gasteiger partial charge in [-0.25, -0.2) is 0 Å². The molecule has 0 fully saturated rings. The van der Waals surface area contributed by atoms with Gasteiger partial charge in [0.1, 0.15) is 0 Å². The molecule has 1 radical (unpaired) electrons. The van der Waals surface area contributed by atoms with E-state index in [2.05, 4.69) is 20.8 Å². The van der Waals surface area contributed by atoms with Gasteiger partial charge in [0.2, 0.25) is 0 Å². The zero-order valence-electron chi connectivity index (χ0n) is 12.4. The van der Waals surface area contributed by atoms with E-state index >= 15 is 0 Å². The first-order valence-corrected chi connectivity index (χ1v) is 7.78. The van der Waals surface area contributed by atoms with Gasteiger partial charge in [0.15, 0.2) is 0 Å². The van der Waals surface area contributed by atoms with Crippen LogP contribution in [0.15, 0.2) is 6.08 Å². The molecule has 0 saturated carbocycles. The van der Waals surface area contributed by atoms with Gasteiger partial charge in [-0.3, -0.25) is 0 Å². The predicted molar refractivity (Wildman–Crippen MR) is 79.1 cm³/mol. The number of allylic oxidation sites excluding steroid dienone is 1. The Morgan fingerprint density at radius 1 is 0.765 bits per heavy atom. The van der Waals surface area contributed by atoms with Gasteiger partial charge in [-0.05, 0) is 37.5 Å². The van der Waals surface area contributed by atoms with Crippen molar-refractivity contribution < 1.29 is 0 Å². The molecule has 0 aliphatic rings. The van der Waals surface area contributed by atoms with E-state index in [4.69, 9.17) is 6.58 Å². The smallest absolute Gasteiger partial charge is 0.0295 e. The molecule has 0 atom stereocenters. The first-order chi connectivity index (χ1) is 8.24.